The predicted octanol–water partition coefficient (Wildman–Crippen LogP) is 2.98. The zero-order chi connectivity index (χ0) is 15.4. The summed E-state index contributed by atoms with van der Waals surface area (Å²) in [6, 6.07) is 0.419. The number of nitrogens with zero attached hydrogens (tertiary/aromatic N) is 3. The molecule has 1 aliphatic carbocycles. The van der Waals surface area contributed by atoms with Crippen molar-refractivity contribution in [2.75, 3.05) is 30.3 Å². The quantitative estimate of drug-likeness (QED) is 0.802. The van der Waals surface area contributed by atoms with E-state index in [0.29, 0.717) is 16.7 Å². The molecule has 1 amide bonds. The van der Waals surface area contributed by atoms with Crippen molar-refractivity contribution in [2.45, 2.75) is 52.5 Å². The second-order valence-electron chi connectivity index (χ2n) is 5.47. The molecule has 0 aromatic carbocycles. The lowest BCUT2D eigenvalue weighted by atomic mass is 10.3. The minimum atomic E-state index is 0.0688. The lowest BCUT2D eigenvalue weighted by Gasteiger charge is -2.21. The van der Waals surface area contributed by atoms with Crippen LogP contribution in [0.15, 0.2) is 0 Å². The molecule has 0 aliphatic heterocycles. The highest BCUT2D eigenvalue weighted by atomic mass is 32.1. The van der Waals surface area contributed by atoms with E-state index in [2.05, 4.69) is 30.7 Å². The van der Waals surface area contributed by atoms with E-state index in [0.717, 1.165) is 50.4 Å². The third kappa shape index (κ3) is 3.67. The summed E-state index contributed by atoms with van der Waals surface area (Å²) >= 11 is 1.43. The van der Waals surface area contributed by atoms with Crippen LogP contribution in [0.3, 0.4) is 0 Å². The van der Waals surface area contributed by atoms with Gasteiger partial charge in [-0.25, -0.2) is 4.98 Å². The van der Waals surface area contributed by atoms with Gasteiger partial charge in [-0.1, -0.05) is 24.7 Å². The Labute approximate surface area is 131 Å². The van der Waals surface area contributed by atoms with Crippen molar-refractivity contribution in [1.82, 2.24) is 9.88 Å². The normalized spacial score (nSPS) is 14.2. The van der Waals surface area contributed by atoms with Crippen LogP contribution in [0.1, 0.15) is 56.1 Å². The Bertz CT molecular complexity index is 480. The summed E-state index contributed by atoms with van der Waals surface area (Å²) in [4.78, 5) is 21.9. The summed E-state index contributed by atoms with van der Waals surface area (Å²) in [5.74, 6) is 0.452. The first-order valence-electron chi connectivity index (χ1n) is 7.94. The fourth-order valence-corrected chi connectivity index (χ4v) is 3.47. The third-order valence-corrected chi connectivity index (χ3v) is 4.99. The third-order valence-electron chi connectivity index (χ3n) is 3.87. The molecule has 6 heteroatoms. The van der Waals surface area contributed by atoms with Crippen LogP contribution in [-0.2, 0) is 0 Å². The molecule has 1 heterocycles. The molecule has 1 fully saturated rings. The molecule has 1 aliphatic rings. The first-order valence-corrected chi connectivity index (χ1v) is 8.76. The van der Waals surface area contributed by atoms with Gasteiger partial charge in [0, 0.05) is 25.7 Å². The minimum absolute atomic E-state index is 0.0688. The smallest absolute Gasteiger partial charge is 0.268 e. The second-order valence-corrected chi connectivity index (χ2v) is 6.44. The van der Waals surface area contributed by atoms with Gasteiger partial charge in [0.1, 0.15) is 10.7 Å². The molecule has 1 saturated carbocycles. The van der Waals surface area contributed by atoms with E-state index in [1.807, 2.05) is 4.90 Å². The van der Waals surface area contributed by atoms with Crippen molar-refractivity contribution < 1.29 is 4.79 Å². The number of hydrogen-bond acceptors (Lipinski definition) is 5. The van der Waals surface area contributed by atoms with Crippen molar-refractivity contribution >= 4 is 28.2 Å². The molecule has 2 rings (SSSR count). The predicted molar refractivity (Wildman–Crippen MR) is 89.1 cm³/mol. The number of unbranched alkanes of at least 4 members (excludes halogenated alkanes) is 1. The number of nitrogen functional groups attached to an aromatic ring is 1. The molecule has 118 valence electrons. The second kappa shape index (κ2) is 7.11. The molecule has 0 saturated heterocycles. The van der Waals surface area contributed by atoms with Crippen molar-refractivity contribution in [3.63, 3.8) is 0 Å². The fraction of sp³-hybridized carbons (Fsp3) is 0.733. The van der Waals surface area contributed by atoms with Gasteiger partial charge in [-0.15, -0.1) is 0 Å². The molecule has 0 atom stereocenters. The Balaban J connectivity index is 2.17. The largest absolute Gasteiger partial charge is 0.382 e. The number of rotatable bonds is 8. The van der Waals surface area contributed by atoms with E-state index < -0.39 is 0 Å². The van der Waals surface area contributed by atoms with Crippen LogP contribution in [0, 0.1) is 0 Å². The molecule has 21 heavy (non-hydrogen) atoms. The molecule has 5 nitrogen and oxygen atoms in total. The number of carbonyl (C=O) groups is 1. The number of nitrogens with two attached hydrogens (primary N) is 1. The summed E-state index contributed by atoms with van der Waals surface area (Å²) in [5, 5.41) is 0.854. The summed E-state index contributed by atoms with van der Waals surface area (Å²) in [7, 11) is 0. The van der Waals surface area contributed by atoms with Crippen LogP contribution in [0.4, 0.5) is 10.9 Å². The average molecular weight is 310 g/mol. The topological polar surface area (TPSA) is 62.5 Å². The summed E-state index contributed by atoms with van der Waals surface area (Å²) in [6.45, 7) is 8.90. The average Bonchev–Trinajstić information content (AvgIpc) is 3.23. The number of amides is 1. The maximum absolute atomic E-state index is 12.8. The van der Waals surface area contributed by atoms with Crippen LogP contribution in [0.2, 0.25) is 0 Å². The Hall–Kier alpha value is -1.30. The van der Waals surface area contributed by atoms with Crippen molar-refractivity contribution in [3.05, 3.63) is 4.88 Å². The number of hydrogen-bond donors (Lipinski definition) is 1. The van der Waals surface area contributed by atoms with Gasteiger partial charge in [0.2, 0.25) is 0 Å². The molecule has 0 radical (unpaired) electrons. The molecule has 1 aromatic heterocycles. The lowest BCUT2D eigenvalue weighted by Crippen LogP contribution is -2.33. The Kier molecular flexibility index (Phi) is 5.45. The van der Waals surface area contributed by atoms with Gasteiger partial charge >= 0.3 is 0 Å². The Morgan fingerprint density at radius 2 is 2.00 bits per heavy atom. The standard InChI is InChI=1S/C15H26N4OS/c1-4-7-10-19(11-8-9-11)14(20)12-13(16)17-15(21-12)18(5-2)6-3/h11H,4-10,16H2,1-3H3. The van der Waals surface area contributed by atoms with Crippen molar-refractivity contribution in [2.24, 2.45) is 0 Å². The first-order chi connectivity index (χ1) is 10.1. The minimum Gasteiger partial charge on any atom is -0.382 e. The zero-order valence-corrected chi connectivity index (χ0v) is 14.1. The van der Waals surface area contributed by atoms with Gasteiger partial charge in [-0.3, -0.25) is 4.79 Å². The number of aromatic nitrogens is 1. The van der Waals surface area contributed by atoms with Gasteiger partial charge in [0.05, 0.1) is 0 Å². The Morgan fingerprint density at radius 1 is 1.33 bits per heavy atom. The maximum Gasteiger partial charge on any atom is 0.268 e. The van der Waals surface area contributed by atoms with Gasteiger partial charge in [-0.2, -0.15) is 0 Å². The van der Waals surface area contributed by atoms with E-state index in [1.165, 1.54) is 11.3 Å². The number of anilines is 2. The highest BCUT2D eigenvalue weighted by Gasteiger charge is 2.34. The molecule has 2 N–H and O–H groups in total. The van der Waals surface area contributed by atoms with E-state index in [-0.39, 0.29) is 5.91 Å². The van der Waals surface area contributed by atoms with Crippen LogP contribution in [0.25, 0.3) is 0 Å². The van der Waals surface area contributed by atoms with Gasteiger partial charge in [0.15, 0.2) is 5.13 Å². The van der Waals surface area contributed by atoms with Gasteiger partial charge in [-0.05, 0) is 33.1 Å². The molecular weight excluding hydrogens is 284 g/mol. The fourth-order valence-electron chi connectivity index (χ4n) is 2.40. The molecule has 1 aromatic rings. The van der Waals surface area contributed by atoms with Crippen LogP contribution in [-0.4, -0.2) is 41.5 Å². The number of thiazole rings is 1. The molecular formula is C15H26N4OS. The van der Waals surface area contributed by atoms with Crippen molar-refractivity contribution in [1.29, 1.82) is 0 Å². The van der Waals surface area contributed by atoms with E-state index >= 15 is 0 Å². The molecule has 0 unspecified atom stereocenters. The van der Waals surface area contributed by atoms with Gasteiger partial charge < -0.3 is 15.5 Å². The molecule has 0 bridgehead atoms. The monoisotopic (exact) mass is 310 g/mol. The van der Waals surface area contributed by atoms with Crippen molar-refractivity contribution in [3.8, 4) is 0 Å². The summed E-state index contributed by atoms with van der Waals surface area (Å²) in [6.07, 6.45) is 4.39. The van der Waals surface area contributed by atoms with E-state index in [1.54, 1.807) is 0 Å². The highest BCUT2D eigenvalue weighted by molar-refractivity contribution is 7.18. The maximum atomic E-state index is 12.8. The summed E-state index contributed by atoms with van der Waals surface area (Å²) < 4.78 is 0. The Morgan fingerprint density at radius 3 is 2.52 bits per heavy atom. The molecule has 0 spiro atoms. The first kappa shape index (κ1) is 16.1. The van der Waals surface area contributed by atoms with E-state index in [9.17, 15) is 4.79 Å². The number of carbonyl (C=O) groups excluding carboxylic acids is 1. The SMILES string of the molecule is CCCCN(C(=O)c1sc(N(CC)CC)nc1N)C1CC1. The lowest BCUT2D eigenvalue weighted by molar-refractivity contribution is 0.0746. The van der Waals surface area contributed by atoms with Crippen LogP contribution in [0.5, 0.6) is 0 Å². The van der Waals surface area contributed by atoms with Gasteiger partial charge in [0.25, 0.3) is 5.91 Å². The summed E-state index contributed by atoms with van der Waals surface area (Å²) in [5.41, 5.74) is 6.00. The van der Waals surface area contributed by atoms with E-state index in [4.69, 9.17) is 5.73 Å². The highest BCUT2D eigenvalue weighted by Crippen LogP contribution is 2.33. The zero-order valence-electron chi connectivity index (χ0n) is 13.3. The van der Waals surface area contributed by atoms with Crippen LogP contribution < -0.4 is 10.6 Å². The van der Waals surface area contributed by atoms with Crippen LogP contribution >= 0.6 is 11.3 Å².